The molecule has 1 aliphatic carbocycles. The largest absolute Gasteiger partial charge is 0.343 e. The molecule has 2 aromatic carbocycles. The second kappa shape index (κ2) is 9.12. The van der Waals surface area contributed by atoms with Gasteiger partial charge in [0, 0.05) is 49.9 Å². The van der Waals surface area contributed by atoms with Gasteiger partial charge >= 0.3 is 6.03 Å². The molecule has 2 aromatic rings. The second-order valence-corrected chi connectivity index (χ2v) is 9.91. The number of carbonyl (C=O) groups is 3. The average Bonchev–Trinajstić information content (AvgIpc) is 3.37. The Bertz CT molecular complexity index is 1090. The van der Waals surface area contributed by atoms with Crippen LogP contribution in [0.3, 0.4) is 0 Å². The van der Waals surface area contributed by atoms with Gasteiger partial charge < -0.3 is 15.5 Å². The molecule has 178 valence electrons. The fraction of sp³-hybridized carbons (Fsp3) is 0.444. The SMILES string of the molecule is Cc1ccc(CCC(=O)N2CCC3(CC2)C[C@H]3C(=O)Nc2cccc(N3CCNC3=O)c2)cc1. The van der Waals surface area contributed by atoms with Crippen molar-refractivity contribution in [1.82, 2.24) is 10.2 Å². The summed E-state index contributed by atoms with van der Waals surface area (Å²) in [7, 11) is 0. The van der Waals surface area contributed by atoms with Crippen LogP contribution in [0.2, 0.25) is 0 Å². The molecule has 2 N–H and O–H groups in total. The molecule has 34 heavy (non-hydrogen) atoms. The van der Waals surface area contributed by atoms with Crippen LogP contribution < -0.4 is 15.5 Å². The van der Waals surface area contributed by atoms with Gasteiger partial charge in [0.1, 0.15) is 0 Å². The zero-order valence-corrected chi connectivity index (χ0v) is 19.7. The van der Waals surface area contributed by atoms with Crippen LogP contribution in [0.25, 0.3) is 0 Å². The van der Waals surface area contributed by atoms with Crippen molar-refractivity contribution >= 4 is 29.2 Å². The van der Waals surface area contributed by atoms with E-state index in [0.717, 1.165) is 44.5 Å². The molecule has 0 unspecified atom stereocenters. The van der Waals surface area contributed by atoms with Gasteiger partial charge in [0.05, 0.1) is 0 Å². The Morgan fingerprint density at radius 3 is 2.56 bits per heavy atom. The van der Waals surface area contributed by atoms with Crippen LogP contribution in [0, 0.1) is 18.3 Å². The number of amides is 4. The molecule has 0 radical (unpaired) electrons. The average molecular weight is 461 g/mol. The van der Waals surface area contributed by atoms with E-state index in [0.29, 0.717) is 25.2 Å². The first kappa shape index (κ1) is 22.4. The number of hydrogen-bond acceptors (Lipinski definition) is 3. The van der Waals surface area contributed by atoms with Crippen LogP contribution in [-0.2, 0) is 16.0 Å². The van der Waals surface area contributed by atoms with E-state index in [1.807, 2.05) is 29.2 Å². The van der Waals surface area contributed by atoms with Crippen molar-refractivity contribution < 1.29 is 14.4 Å². The number of benzene rings is 2. The first-order valence-electron chi connectivity index (χ1n) is 12.2. The summed E-state index contributed by atoms with van der Waals surface area (Å²) in [4.78, 5) is 41.2. The zero-order chi connectivity index (χ0) is 23.7. The molecule has 5 rings (SSSR count). The number of rotatable bonds is 6. The van der Waals surface area contributed by atoms with E-state index in [1.165, 1.54) is 11.1 Å². The summed E-state index contributed by atoms with van der Waals surface area (Å²) in [6, 6.07) is 15.7. The number of carbonyl (C=O) groups excluding carboxylic acids is 3. The number of urea groups is 1. The maximum absolute atomic E-state index is 13.0. The molecular weight excluding hydrogens is 428 g/mol. The summed E-state index contributed by atoms with van der Waals surface area (Å²) in [6.45, 7) is 4.79. The third kappa shape index (κ3) is 4.65. The van der Waals surface area contributed by atoms with Crippen molar-refractivity contribution in [1.29, 1.82) is 0 Å². The van der Waals surface area contributed by atoms with Crippen molar-refractivity contribution in [2.75, 3.05) is 36.4 Å². The van der Waals surface area contributed by atoms with Gasteiger partial charge in [0.15, 0.2) is 0 Å². The van der Waals surface area contributed by atoms with Gasteiger partial charge in [-0.2, -0.15) is 0 Å². The molecule has 0 bridgehead atoms. The summed E-state index contributed by atoms with van der Waals surface area (Å²) >= 11 is 0. The van der Waals surface area contributed by atoms with E-state index in [9.17, 15) is 14.4 Å². The van der Waals surface area contributed by atoms with E-state index >= 15 is 0 Å². The Morgan fingerprint density at radius 1 is 1.09 bits per heavy atom. The first-order chi connectivity index (χ1) is 16.4. The van der Waals surface area contributed by atoms with E-state index in [-0.39, 0.29) is 29.2 Å². The number of likely N-dealkylation sites (tertiary alicyclic amines) is 1. The molecule has 7 heteroatoms. The van der Waals surface area contributed by atoms with Crippen molar-refractivity contribution in [3.8, 4) is 0 Å². The van der Waals surface area contributed by atoms with Gasteiger partial charge in [-0.1, -0.05) is 35.9 Å². The Hall–Kier alpha value is -3.35. The number of anilines is 2. The third-order valence-electron chi connectivity index (χ3n) is 7.65. The molecule has 1 spiro atoms. The molecule has 4 amide bonds. The van der Waals surface area contributed by atoms with Gasteiger partial charge in [-0.05, 0) is 61.8 Å². The van der Waals surface area contributed by atoms with Crippen LogP contribution in [-0.4, -0.2) is 48.9 Å². The number of hydrogen-bond donors (Lipinski definition) is 2. The Labute approximate surface area is 200 Å². The minimum Gasteiger partial charge on any atom is -0.343 e. The lowest BCUT2D eigenvalue weighted by atomic mass is 9.90. The fourth-order valence-corrected chi connectivity index (χ4v) is 5.34. The zero-order valence-electron chi connectivity index (χ0n) is 19.7. The van der Waals surface area contributed by atoms with E-state index in [1.54, 1.807) is 4.90 Å². The van der Waals surface area contributed by atoms with Crippen molar-refractivity contribution in [3.05, 3.63) is 59.7 Å². The van der Waals surface area contributed by atoms with Gasteiger partial charge in [-0.3, -0.25) is 14.5 Å². The molecule has 2 aliphatic heterocycles. The normalized spacial score (nSPS) is 20.9. The molecular formula is C27H32N4O3. The summed E-state index contributed by atoms with van der Waals surface area (Å²) in [6.07, 6.45) is 3.96. The van der Waals surface area contributed by atoms with Gasteiger partial charge in [-0.25, -0.2) is 4.79 Å². The first-order valence-corrected chi connectivity index (χ1v) is 12.2. The maximum atomic E-state index is 13.0. The predicted octanol–water partition coefficient (Wildman–Crippen LogP) is 3.72. The van der Waals surface area contributed by atoms with Crippen LogP contribution in [0.1, 0.15) is 36.8 Å². The summed E-state index contributed by atoms with van der Waals surface area (Å²) in [5, 5.41) is 5.85. The maximum Gasteiger partial charge on any atom is 0.321 e. The lowest BCUT2D eigenvalue weighted by Crippen LogP contribution is -2.40. The van der Waals surface area contributed by atoms with Crippen LogP contribution in [0.5, 0.6) is 0 Å². The van der Waals surface area contributed by atoms with Crippen molar-refractivity contribution in [3.63, 3.8) is 0 Å². The van der Waals surface area contributed by atoms with E-state index in [4.69, 9.17) is 0 Å². The van der Waals surface area contributed by atoms with Crippen LogP contribution in [0.15, 0.2) is 48.5 Å². The lowest BCUT2D eigenvalue weighted by molar-refractivity contribution is -0.132. The molecule has 3 fully saturated rings. The van der Waals surface area contributed by atoms with Crippen LogP contribution in [0.4, 0.5) is 16.2 Å². The Kier molecular flexibility index (Phi) is 6.02. The van der Waals surface area contributed by atoms with Gasteiger partial charge in [0.2, 0.25) is 11.8 Å². The summed E-state index contributed by atoms with van der Waals surface area (Å²) in [5.41, 5.74) is 3.96. The van der Waals surface area contributed by atoms with E-state index < -0.39 is 0 Å². The highest BCUT2D eigenvalue weighted by Gasteiger charge is 2.58. The third-order valence-corrected chi connectivity index (χ3v) is 7.65. The van der Waals surface area contributed by atoms with Gasteiger partial charge in [-0.15, -0.1) is 0 Å². The van der Waals surface area contributed by atoms with Crippen molar-refractivity contribution in [2.45, 2.75) is 39.0 Å². The summed E-state index contributed by atoms with van der Waals surface area (Å²) < 4.78 is 0. The fourth-order valence-electron chi connectivity index (χ4n) is 5.34. The number of nitrogens with one attached hydrogen (secondary N) is 2. The Morgan fingerprint density at radius 2 is 1.85 bits per heavy atom. The highest BCUT2D eigenvalue weighted by molar-refractivity contribution is 5.97. The Balaban J connectivity index is 1.11. The molecule has 3 aliphatic rings. The smallest absolute Gasteiger partial charge is 0.321 e. The molecule has 2 heterocycles. The molecule has 7 nitrogen and oxygen atoms in total. The molecule has 2 saturated heterocycles. The topological polar surface area (TPSA) is 81.8 Å². The lowest BCUT2D eigenvalue weighted by Gasteiger charge is -2.33. The molecule has 0 aromatic heterocycles. The highest BCUT2D eigenvalue weighted by atomic mass is 16.2. The minimum absolute atomic E-state index is 0.00366. The molecule has 1 atom stereocenters. The van der Waals surface area contributed by atoms with Crippen molar-refractivity contribution in [2.24, 2.45) is 11.3 Å². The monoisotopic (exact) mass is 460 g/mol. The quantitative estimate of drug-likeness (QED) is 0.689. The number of piperidine rings is 1. The minimum atomic E-state index is -0.107. The molecule has 1 saturated carbocycles. The number of aryl methyl sites for hydroxylation is 2. The van der Waals surface area contributed by atoms with Gasteiger partial charge in [0.25, 0.3) is 0 Å². The van der Waals surface area contributed by atoms with E-state index in [2.05, 4.69) is 41.8 Å². The predicted molar refractivity (Wildman–Crippen MR) is 132 cm³/mol. The summed E-state index contributed by atoms with van der Waals surface area (Å²) in [5.74, 6) is 0.248. The standard InChI is InChI=1S/C27H32N4O3/c1-19-5-7-20(8-6-19)9-10-24(32)30-14-11-27(12-15-30)18-23(27)25(33)29-21-3-2-4-22(17-21)31-16-13-28-26(31)34/h2-8,17,23H,9-16,18H2,1H3,(H,28,34)(H,29,33)/t23-/m0/s1. The highest BCUT2D eigenvalue weighted by Crippen LogP contribution is 2.59. The number of nitrogens with zero attached hydrogens (tertiary/aromatic N) is 2. The van der Waals surface area contributed by atoms with Crippen LogP contribution >= 0.6 is 0 Å². The second-order valence-electron chi connectivity index (χ2n) is 9.91.